The van der Waals surface area contributed by atoms with E-state index in [0.717, 1.165) is 48.2 Å². The summed E-state index contributed by atoms with van der Waals surface area (Å²) in [4.78, 5) is 37.0. The maximum Gasteiger partial charge on any atom is 0.409 e. The summed E-state index contributed by atoms with van der Waals surface area (Å²) >= 11 is 0. The Morgan fingerprint density at radius 2 is 1.82 bits per heavy atom. The summed E-state index contributed by atoms with van der Waals surface area (Å²) in [5.74, 6) is -0.924. The van der Waals surface area contributed by atoms with Crippen molar-refractivity contribution in [2.75, 3.05) is 33.5 Å². The molecule has 14 heteroatoms. The number of aliphatic hydroxyl groups is 2. The zero-order valence-corrected chi connectivity index (χ0v) is 35.2. The van der Waals surface area contributed by atoms with Gasteiger partial charge in [-0.05, 0) is 104 Å². The van der Waals surface area contributed by atoms with Crippen molar-refractivity contribution in [1.29, 1.82) is 0 Å². The van der Waals surface area contributed by atoms with Gasteiger partial charge in [0.1, 0.15) is 30.8 Å². The zero-order valence-electron chi connectivity index (χ0n) is 35.2. The molecular formula is C47H58N4O10. The minimum Gasteiger partial charge on any atom is -0.487 e. The number of oxime groups is 1. The lowest BCUT2D eigenvalue weighted by Crippen LogP contribution is -2.69. The molecule has 1 saturated carbocycles. The molecule has 6 atom stereocenters. The summed E-state index contributed by atoms with van der Waals surface area (Å²) in [5.41, 5.74) is 4.76. The first-order valence-corrected chi connectivity index (χ1v) is 21.1. The van der Waals surface area contributed by atoms with Gasteiger partial charge in [0, 0.05) is 56.0 Å². The van der Waals surface area contributed by atoms with Crippen molar-refractivity contribution in [3.05, 3.63) is 130 Å². The molecule has 14 nitrogen and oxygen atoms in total. The number of allylic oxidation sites excluding steroid dienone is 1. The smallest absolute Gasteiger partial charge is 0.409 e. The summed E-state index contributed by atoms with van der Waals surface area (Å²) in [6.45, 7) is 10.4. The molecule has 6 rings (SSSR count). The average molecular weight is 839 g/mol. The normalized spacial score (nSPS) is 23.1. The molecule has 0 spiro atoms. The number of fused-ring (bicyclic) bond motifs is 2. The number of benzene rings is 2. The van der Waals surface area contributed by atoms with Crippen LogP contribution >= 0.6 is 0 Å². The van der Waals surface area contributed by atoms with Gasteiger partial charge in [0.25, 0.3) is 5.69 Å². The number of unbranched alkanes of at least 4 members (excludes halogenated alkanes) is 2. The van der Waals surface area contributed by atoms with Gasteiger partial charge in [0.15, 0.2) is 0 Å². The fraction of sp³-hybridized carbons (Fsp3) is 0.468. The van der Waals surface area contributed by atoms with E-state index in [0.29, 0.717) is 42.0 Å². The number of nitro benzene ring substituents is 1. The summed E-state index contributed by atoms with van der Waals surface area (Å²) in [6.07, 6.45) is 10.1. The molecule has 3 aliphatic rings. The van der Waals surface area contributed by atoms with Crippen LogP contribution in [-0.2, 0) is 27.5 Å². The maximum absolute atomic E-state index is 13.9. The Bertz CT molecular complexity index is 2050. The van der Waals surface area contributed by atoms with Crippen LogP contribution in [0, 0.1) is 34.8 Å². The van der Waals surface area contributed by atoms with Crippen molar-refractivity contribution in [2.45, 2.75) is 89.3 Å². The molecule has 0 saturated heterocycles. The number of carbonyl (C=O) groups excluding carboxylic acids is 1. The Hall–Kier alpha value is -5.57. The Balaban J connectivity index is 1.51. The summed E-state index contributed by atoms with van der Waals surface area (Å²) in [7, 11) is 1.67. The van der Waals surface area contributed by atoms with Gasteiger partial charge < -0.3 is 38.9 Å². The number of aliphatic hydroxyl groups excluding tert-OH is 2. The number of aryl methyl sites for hydroxylation is 1. The van der Waals surface area contributed by atoms with Crippen LogP contribution in [0.15, 0.2) is 103 Å². The minimum atomic E-state index is -1.44. The average Bonchev–Trinajstić information content (AvgIpc) is 3.26. The number of amides is 1. The Morgan fingerprint density at radius 1 is 1.05 bits per heavy atom. The minimum absolute atomic E-state index is 0.0212. The summed E-state index contributed by atoms with van der Waals surface area (Å²) in [6, 6.07) is 17.0. The van der Waals surface area contributed by atoms with Crippen LogP contribution in [0.4, 0.5) is 10.5 Å². The molecule has 0 radical (unpaired) electrons. The van der Waals surface area contributed by atoms with Crippen LogP contribution in [0.3, 0.4) is 0 Å². The molecule has 1 aromatic heterocycles. The third-order valence-corrected chi connectivity index (χ3v) is 11.8. The first-order chi connectivity index (χ1) is 29.6. The van der Waals surface area contributed by atoms with Gasteiger partial charge >= 0.3 is 6.09 Å². The Kier molecular flexibility index (Phi) is 15.7. The van der Waals surface area contributed by atoms with E-state index in [-0.39, 0.29) is 69.5 Å². The summed E-state index contributed by atoms with van der Waals surface area (Å²) in [5, 5.41) is 35.9. The van der Waals surface area contributed by atoms with Gasteiger partial charge in [0.05, 0.1) is 35.5 Å². The first-order valence-electron chi connectivity index (χ1n) is 21.1. The highest BCUT2D eigenvalue weighted by molar-refractivity contribution is 6.02. The van der Waals surface area contributed by atoms with E-state index in [2.05, 4.69) is 24.2 Å². The topological polar surface area (TPSA) is 175 Å². The quantitative estimate of drug-likeness (QED) is 0.0431. The van der Waals surface area contributed by atoms with Gasteiger partial charge in [-0.15, -0.1) is 13.2 Å². The number of carbonyl (C=O) groups is 1. The molecular weight excluding hydrogens is 781 g/mol. The molecule has 6 unspecified atom stereocenters. The lowest BCUT2D eigenvalue weighted by Gasteiger charge is -2.59. The molecule has 1 amide bonds. The van der Waals surface area contributed by atoms with Crippen LogP contribution in [0.1, 0.15) is 79.8 Å². The van der Waals surface area contributed by atoms with Crippen molar-refractivity contribution in [3.8, 4) is 11.5 Å². The van der Waals surface area contributed by atoms with E-state index in [4.69, 9.17) is 28.9 Å². The van der Waals surface area contributed by atoms with Gasteiger partial charge in [-0.2, -0.15) is 0 Å². The highest BCUT2D eigenvalue weighted by Gasteiger charge is 2.65. The molecule has 326 valence electrons. The van der Waals surface area contributed by atoms with E-state index in [9.17, 15) is 25.1 Å². The second-order valence-corrected chi connectivity index (χ2v) is 15.8. The third kappa shape index (κ3) is 10.5. The van der Waals surface area contributed by atoms with Crippen LogP contribution in [0.5, 0.6) is 11.5 Å². The third-order valence-electron chi connectivity index (χ3n) is 11.8. The van der Waals surface area contributed by atoms with Gasteiger partial charge in [-0.1, -0.05) is 42.3 Å². The zero-order chi connectivity index (χ0) is 43.4. The second kappa shape index (κ2) is 21.3. The highest BCUT2D eigenvalue weighted by atomic mass is 16.7. The number of rotatable bonds is 22. The predicted molar refractivity (Wildman–Crippen MR) is 230 cm³/mol. The number of hydrogen-bond acceptors (Lipinski definition) is 12. The lowest BCUT2D eigenvalue weighted by atomic mass is 9.55. The number of non-ortho nitro benzene ring substituents is 1. The first kappa shape index (κ1) is 45.0. The lowest BCUT2D eigenvalue weighted by molar-refractivity contribution is -0.384. The van der Waals surface area contributed by atoms with Crippen molar-refractivity contribution in [1.82, 2.24) is 9.88 Å². The molecule has 2 N–H and O–H groups in total. The standard InChI is InChI=1S/C47H58N4O10/c1-5-7-26-57-46(54)50(4)43-29-41(49-60-30-33-17-19-36(20-18-33)51(55)56)39-27-34(14-8-10-23-52)38(16-9-11-24-53)44-40-28-37(58-31-35-15-12-13-32(3)48-35)21-22-42(40)61-47(43,45(39)44)59-25-6-2/h5-6,12-13,15,17-22,27-28,34,38,43-45,52-53H,1-2,7-11,14,16,23-26,29-31H2,3-4H3. The SMILES string of the molecule is C=CCCOC(=O)N(C)C1CC(=NOCc2ccc([N+](=O)[O-])cc2)C2=CC(CCCCO)C(CCCCO)C3c4cc(OCc5cccc(C)n5)ccc4OC1(OCC=C)C23. The van der Waals surface area contributed by atoms with Gasteiger partial charge in [-0.25, -0.2) is 4.79 Å². The summed E-state index contributed by atoms with van der Waals surface area (Å²) < 4.78 is 26.2. The predicted octanol–water partition coefficient (Wildman–Crippen LogP) is 8.36. The van der Waals surface area contributed by atoms with Crippen molar-refractivity contribution >= 4 is 17.5 Å². The number of nitro groups is 1. The van der Waals surface area contributed by atoms with E-state index in [1.54, 1.807) is 31.3 Å². The number of pyridine rings is 1. The van der Waals surface area contributed by atoms with E-state index in [1.165, 1.54) is 17.0 Å². The Labute approximate surface area is 357 Å². The fourth-order valence-corrected chi connectivity index (χ4v) is 9.01. The second-order valence-electron chi connectivity index (χ2n) is 15.8. The monoisotopic (exact) mass is 838 g/mol. The number of likely N-dealkylation sites (N-methyl/N-ethyl adjacent to an activating group) is 1. The molecule has 2 aromatic carbocycles. The van der Waals surface area contributed by atoms with Crippen molar-refractivity contribution in [3.63, 3.8) is 0 Å². The van der Waals surface area contributed by atoms with Gasteiger partial charge in [-0.3, -0.25) is 15.1 Å². The molecule has 1 aliphatic heterocycles. The van der Waals surface area contributed by atoms with Crippen molar-refractivity contribution in [2.24, 2.45) is 22.9 Å². The van der Waals surface area contributed by atoms with E-state index < -0.39 is 28.8 Å². The molecule has 2 aliphatic carbocycles. The number of aromatic nitrogens is 1. The molecule has 61 heavy (non-hydrogen) atoms. The fourth-order valence-electron chi connectivity index (χ4n) is 9.01. The van der Waals surface area contributed by atoms with Crippen LogP contribution in [0.2, 0.25) is 0 Å². The highest BCUT2D eigenvalue weighted by Crippen LogP contribution is 2.61. The number of ether oxygens (including phenoxy) is 4. The van der Waals surface area contributed by atoms with Crippen LogP contribution in [0.25, 0.3) is 0 Å². The molecule has 2 heterocycles. The molecule has 1 fully saturated rings. The number of nitrogens with zero attached hydrogens (tertiary/aromatic N) is 4. The van der Waals surface area contributed by atoms with Crippen LogP contribution in [-0.4, -0.2) is 82.1 Å². The largest absolute Gasteiger partial charge is 0.487 e. The maximum atomic E-state index is 13.9. The van der Waals surface area contributed by atoms with Gasteiger partial charge in [0.2, 0.25) is 5.79 Å². The molecule has 3 aromatic rings. The Morgan fingerprint density at radius 3 is 2.52 bits per heavy atom. The number of hydrogen-bond donors (Lipinski definition) is 2. The van der Waals surface area contributed by atoms with Crippen molar-refractivity contribution < 1.29 is 43.7 Å². The van der Waals surface area contributed by atoms with E-state index in [1.807, 2.05) is 43.3 Å². The van der Waals surface area contributed by atoms with Crippen LogP contribution < -0.4 is 9.47 Å². The molecule has 0 bridgehead atoms. The van der Waals surface area contributed by atoms with E-state index >= 15 is 0 Å².